The first kappa shape index (κ1) is 15.2. The second-order valence-electron chi connectivity index (χ2n) is 6.84. The van der Waals surface area contributed by atoms with E-state index in [1.165, 1.54) is 11.1 Å². The first-order valence-corrected chi connectivity index (χ1v) is 8.25. The van der Waals surface area contributed by atoms with Crippen molar-refractivity contribution in [3.8, 4) is 0 Å². The van der Waals surface area contributed by atoms with Gasteiger partial charge in [-0.1, -0.05) is 24.3 Å². The number of aryl methyl sites for hydroxylation is 1. The van der Waals surface area contributed by atoms with Crippen molar-refractivity contribution < 1.29 is 19.2 Å². The Balaban J connectivity index is 1.74. The van der Waals surface area contributed by atoms with E-state index in [4.69, 9.17) is 0 Å². The van der Waals surface area contributed by atoms with Crippen LogP contribution in [0.5, 0.6) is 0 Å². The minimum absolute atomic E-state index is 0.0955. The molecular formula is C18H24NO3+. The Morgan fingerprint density at radius 2 is 1.95 bits per heavy atom. The molecule has 4 heteroatoms. The third-order valence-electron chi connectivity index (χ3n) is 5.58. The highest BCUT2D eigenvalue weighted by atomic mass is 16.4. The van der Waals surface area contributed by atoms with E-state index in [9.17, 15) is 14.7 Å². The lowest BCUT2D eigenvalue weighted by molar-refractivity contribution is -0.792. The zero-order chi connectivity index (χ0) is 15.7. The van der Waals surface area contributed by atoms with Crippen molar-refractivity contribution in [2.45, 2.75) is 51.5 Å². The molecule has 1 saturated heterocycles. The maximum absolute atomic E-state index is 12.8. The molecule has 0 aromatic heterocycles. The molecule has 2 amide bonds. The van der Waals surface area contributed by atoms with E-state index >= 15 is 0 Å². The monoisotopic (exact) mass is 302 g/mol. The largest absolute Gasteiger partial charge is 0.521 e. The number of rotatable bonds is 2. The van der Waals surface area contributed by atoms with Gasteiger partial charge < -0.3 is 5.11 Å². The summed E-state index contributed by atoms with van der Waals surface area (Å²) in [6, 6.07) is 8.28. The number of amides is 2. The van der Waals surface area contributed by atoms with Crippen molar-refractivity contribution in [3.05, 3.63) is 35.4 Å². The Bertz CT molecular complexity index is 598. The third kappa shape index (κ3) is 2.45. The Morgan fingerprint density at radius 3 is 2.59 bits per heavy atom. The second kappa shape index (κ2) is 5.84. The van der Waals surface area contributed by atoms with Gasteiger partial charge in [0.25, 0.3) is 0 Å². The second-order valence-corrected chi connectivity index (χ2v) is 6.84. The number of quaternary nitrogens is 1. The summed E-state index contributed by atoms with van der Waals surface area (Å²) >= 11 is 0. The van der Waals surface area contributed by atoms with E-state index in [-0.39, 0.29) is 22.3 Å². The Hall–Kier alpha value is -1.68. The summed E-state index contributed by atoms with van der Waals surface area (Å²) in [5.74, 6) is 0.187. The molecule has 118 valence electrons. The molecule has 1 unspecified atom stereocenters. The SMILES string of the molecule is C[C@@H]1CCC[N+]1(C(=O)O)C(=O)C[C@H]1CCc2ccccc2C1. The lowest BCUT2D eigenvalue weighted by Crippen LogP contribution is -2.58. The van der Waals surface area contributed by atoms with Crippen LogP contribution < -0.4 is 0 Å². The van der Waals surface area contributed by atoms with Gasteiger partial charge in [0.05, 0.1) is 13.0 Å². The van der Waals surface area contributed by atoms with E-state index in [1.807, 2.05) is 13.0 Å². The zero-order valence-electron chi connectivity index (χ0n) is 13.1. The molecule has 1 aliphatic carbocycles. The van der Waals surface area contributed by atoms with E-state index in [1.54, 1.807) is 0 Å². The molecule has 2 aliphatic rings. The zero-order valence-corrected chi connectivity index (χ0v) is 13.1. The molecule has 1 aliphatic heterocycles. The molecule has 3 rings (SSSR count). The highest BCUT2D eigenvalue weighted by molar-refractivity contribution is 5.81. The summed E-state index contributed by atoms with van der Waals surface area (Å²) in [6.45, 7) is 2.35. The highest BCUT2D eigenvalue weighted by Gasteiger charge is 2.52. The van der Waals surface area contributed by atoms with Crippen molar-refractivity contribution in [2.24, 2.45) is 5.92 Å². The van der Waals surface area contributed by atoms with Crippen molar-refractivity contribution in [2.75, 3.05) is 6.54 Å². The number of hydrogen-bond donors (Lipinski definition) is 1. The molecule has 0 bridgehead atoms. The molecule has 1 fully saturated rings. The van der Waals surface area contributed by atoms with Crippen molar-refractivity contribution in [1.82, 2.24) is 0 Å². The standard InChI is InChI=1S/C18H23NO3/c1-13-5-4-10-19(13,18(21)22)17(20)12-14-8-9-15-6-2-3-7-16(15)11-14/h2-3,6-7,13-14H,4-5,8-12H2,1H3/p+1/t13-,14+,19?/m1/s1. The number of imide groups is 1. The minimum Gasteiger partial charge on any atom is -0.435 e. The summed E-state index contributed by atoms with van der Waals surface area (Å²) in [5.41, 5.74) is 2.70. The van der Waals surface area contributed by atoms with Gasteiger partial charge in [-0.25, -0.2) is 4.79 Å². The number of hydrogen-bond acceptors (Lipinski definition) is 2. The quantitative estimate of drug-likeness (QED) is 0.852. The van der Waals surface area contributed by atoms with Crippen molar-refractivity contribution >= 4 is 12.0 Å². The average Bonchev–Trinajstić information content (AvgIpc) is 2.90. The number of carbonyl (C=O) groups excluding carboxylic acids is 1. The fourth-order valence-electron chi connectivity index (χ4n) is 4.20. The maximum Gasteiger partial charge on any atom is 0.521 e. The molecule has 1 N–H and O–H groups in total. The summed E-state index contributed by atoms with van der Waals surface area (Å²) in [6.07, 6.45) is 3.96. The van der Waals surface area contributed by atoms with Crippen LogP contribution in [0, 0.1) is 5.92 Å². The molecule has 0 spiro atoms. The summed E-state index contributed by atoms with van der Waals surface area (Å²) in [4.78, 5) is 24.6. The van der Waals surface area contributed by atoms with Crippen LogP contribution in [0.2, 0.25) is 0 Å². The van der Waals surface area contributed by atoms with Gasteiger partial charge in [-0.3, -0.25) is 0 Å². The molecule has 4 nitrogen and oxygen atoms in total. The number of nitrogens with zero attached hydrogens (tertiary/aromatic N) is 1. The van der Waals surface area contributed by atoms with Crippen molar-refractivity contribution in [3.63, 3.8) is 0 Å². The topological polar surface area (TPSA) is 54.4 Å². The highest BCUT2D eigenvalue weighted by Crippen LogP contribution is 2.33. The van der Waals surface area contributed by atoms with Gasteiger partial charge in [0.2, 0.25) is 0 Å². The van der Waals surface area contributed by atoms with Crippen LogP contribution in [0.1, 0.15) is 43.7 Å². The van der Waals surface area contributed by atoms with Crippen LogP contribution in [0.15, 0.2) is 24.3 Å². The Labute approximate surface area is 131 Å². The van der Waals surface area contributed by atoms with Gasteiger partial charge in [-0.15, -0.1) is 0 Å². The minimum atomic E-state index is -0.966. The van der Waals surface area contributed by atoms with Gasteiger partial charge >= 0.3 is 12.0 Å². The van der Waals surface area contributed by atoms with Gasteiger partial charge in [-0.05, 0) is 43.2 Å². The fraction of sp³-hybridized carbons (Fsp3) is 0.556. The van der Waals surface area contributed by atoms with E-state index in [2.05, 4.69) is 18.2 Å². The number of carbonyl (C=O) groups is 2. The van der Waals surface area contributed by atoms with Gasteiger partial charge in [0.15, 0.2) is 0 Å². The van der Waals surface area contributed by atoms with Gasteiger partial charge in [-0.2, -0.15) is 9.28 Å². The van der Waals surface area contributed by atoms with Crippen LogP contribution in [-0.2, 0) is 17.6 Å². The molecule has 1 heterocycles. The lowest BCUT2D eigenvalue weighted by atomic mass is 9.82. The average molecular weight is 302 g/mol. The summed E-state index contributed by atoms with van der Waals surface area (Å²) in [5, 5.41) is 9.64. The van der Waals surface area contributed by atoms with Gasteiger partial charge in [0.1, 0.15) is 6.04 Å². The van der Waals surface area contributed by atoms with Crippen LogP contribution in [0.25, 0.3) is 0 Å². The van der Waals surface area contributed by atoms with Gasteiger partial charge in [0, 0.05) is 12.8 Å². The molecule has 1 aromatic carbocycles. The molecular weight excluding hydrogens is 278 g/mol. The summed E-state index contributed by atoms with van der Waals surface area (Å²) in [7, 11) is 0. The first-order chi connectivity index (χ1) is 10.5. The normalized spacial score (nSPS) is 30.8. The first-order valence-electron chi connectivity index (χ1n) is 8.25. The van der Waals surface area contributed by atoms with Crippen LogP contribution in [0.3, 0.4) is 0 Å². The predicted molar refractivity (Wildman–Crippen MR) is 83.4 cm³/mol. The molecule has 3 atom stereocenters. The van der Waals surface area contributed by atoms with E-state index in [0.717, 1.165) is 32.1 Å². The Morgan fingerprint density at radius 1 is 1.23 bits per heavy atom. The third-order valence-corrected chi connectivity index (χ3v) is 5.58. The molecule has 0 saturated carbocycles. The molecule has 1 aromatic rings. The lowest BCUT2D eigenvalue weighted by Gasteiger charge is -2.32. The van der Waals surface area contributed by atoms with Crippen LogP contribution in [-0.4, -0.2) is 34.2 Å². The maximum atomic E-state index is 12.8. The number of benzene rings is 1. The molecule has 0 radical (unpaired) electrons. The summed E-state index contributed by atoms with van der Waals surface area (Å²) < 4.78 is -0.349. The fourth-order valence-corrected chi connectivity index (χ4v) is 4.20. The van der Waals surface area contributed by atoms with Crippen LogP contribution in [0.4, 0.5) is 4.79 Å². The number of likely N-dealkylation sites (tertiary alicyclic amines) is 1. The molecule has 22 heavy (non-hydrogen) atoms. The number of carboxylic acid groups (broad SMARTS) is 1. The van der Waals surface area contributed by atoms with E-state index in [0.29, 0.717) is 13.0 Å². The Kier molecular flexibility index (Phi) is 4.04. The van der Waals surface area contributed by atoms with Crippen molar-refractivity contribution in [1.29, 1.82) is 0 Å². The predicted octanol–water partition coefficient (Wildman–Crippen LogP) is 3.39. The number of fused-ring (bicyclic) bond motifs is 1. The van der Waals surface area contributed by atoms with Crippen LogP contribution >= 0.6 is 0 Å². The smallest absolute Gasteiger partial charge is 0.435 e. The van der Waals surface area contributed by atoms with E-state index < -0.39 is 6.09 Å².